The average Bonchev–Trinajstić information content (AvgIpc) is 2.98. The lowest BCUT2D eigenvalue weighted by Crippen LogP contribution is -2.64. The number of hydroxylamine groups is 3. The SMILES string of the molecule is O=C(NC1CCNCC1)[C@@H]1CC[C@@H](N(OS(=O)(=O)O)C(=O)N2C[C@H](NOS(=O)(=O)O)CC[C@H]2C(=O)NC2CCNCC2)CN1. The van der Waals surface area contributed by atoms with Gasteiger partial charge in [-0.15, -0.1) is 4.28 Å². The fourth-order valence-corrected chi connectivity index (χ4v) is 6.60. The van der Waals surface area contributed by atoms with E-state index < -0.39 is 56.9 Å². The van der Waals surface area contributed by atoms with Gasteiger partial charge in [-0.05, 0) is 77.5 Å². The van der Waals surface area contributed by atoms with E-state index in [4.69, 9.17) is 8.84 Å². The van der Waals surface area contributed by atoms with Crippen LogP contribution >= 0.6 is 0 Å². The maximum Gasteiger partial charge on any atom is 0.418 e. The summed E-state index contributed by atoms with van der Waals surface area (Å²) in [7, 11) is -10.1. The summed E-state index contributed by atoms with van der Waals surface area (Å²) in [5.74, 6) is -0.718. The number of likely N-dealkylation sites (tertiary alicyclic amines) is 1. The Morgan fingerprint density at radius 3 is 1.86 bits per heavy atom. The number of urea groups is 1. The number of carbonyl (C=O) groups is 3. The normalized spacial score (nSPS) is 27.8. The van der Waals surface area contributed by atoms with Gasteiger partial charge in [-0.25, -0.2) is 4.79 Å². The number of carbonyl (C=O) groups excluding carboxylic acids is 3. The van der Waals surface area contributed by atoms with Crippen LogP contribution in [0.1, 0.15) is 51.4 Å². The van der Waals surface area contributed by atoms with Crippen LogP contribution in [0.3, 0.4) is 0 Å². The van der Waals surface area contributed by atoms with Gasteiger partial charge in [0.05, 0.1) is 18.1 Å². The molecule has 4 rings (SSSR count). The highest BCUT2D eigenvalue weighted by atomic mass is 32.3. The molecule has 8 N–H and O–H groups in total. The Kier molecular flexibility index (Phi) is 12.1. The Bertz CT molecular complexity index is 1220. The molecule has 0 aliphatic carbocycles. The maximum absolute atomic E-state index is 13.9. The van der Waals surface area contributed by atoms with Gasteiger partial charge in [0.25, 0.3) is 0 Å². The second-order valence-corrected chi connectivity index (χ2v) is 13.5. The topological polar surface area (TPSA) is 257 Å². The molecule has 4 saturated heterocycles. The molecule has 0 radical (unpaired) electrons. The van der Waals surface area contributed by atoms with Crippen LogP contribution in [0, 0.1) is 0 Å². The van der Waals surface area contributed by atoms with Crippen LogP contribution in [0.4, 0.5) is 4.79 Å². The van der Waals surface area contributed by atoms with Crippen molar-refractivity contribution in [3.05, 3.63) is 0 Å². The van der Waals surface area contributed by atoms with E-state index in [0.717, 1.165) is 30.8 Å². The molecule has 19 nitrogen and oxygen atoms in total. The number of hydrogen-bond donors (Lipinski definition) is 8. The molecule has 0 aromatic heterocycles. The molecule has 4 atom stereocenters. The molecule has 4 heterocycles. The van der Waals surface area contributed by atoms with Gasteiger partial charge in [-0.3, -0.25) is 18.7 Å². The summed E-state index contributed by atoms with van der Waals surface area (Å²) in [5.41, 5.74) is 2.15. The molecule has 0 aromatic carbocycles. The van der Waals surface area contributed by atoms with Crippen molar-refractivity contribution in [1.82, 2.24) is 42.0 Å². The van der Waals surface area contributed by atoms with Gasteiger partial charge in [-0.1, -0.05) is 0 Å². The predicted octanol–water partition coefficient (Wildman–Crippen LogP) is -2.84. The van der Waals surface area contributed by atoms with Crippen molar-refractivity contribution in [1.29, 1.82) is 0 Å². The molecule has 21 heteroatoms. The zero-order valence-electron chi connectivity index (χ0n) is 24.1. The Hall–Kier alpha value is -2.21. The molecule has 4 aliphatic heterocycles. The fourth-order valence-electron chi connectivity index (χ4n) is 5.95. The lowest BCUT2D eigenvalue weighted by molar-refractivity contribution is -0.131. The molecular formula is C23H42N8O11S2. The molecule has 0 spiro atoms. The lowest BCUT2D eigenvalue weighted by Gasteiger charge is -2.43. The lowest BCUT2D eigenvalue weighted by atomic mass is 9.96. The van der Waals surface area contributed by atoms with Crippen molar-refractivity contribution in [3.63, 3.8) is 0 Å². The van der Waals surface area contributed by atoms with E-state index >= 15 is 0 Å². The van der Waals surface area contributed by atoms with Gasteiger partial charge in [0.2, 0.25) is 11.8 Å². The van der Waals surface area contributed by atoms with E-state index in [0.29, 0.717) is 31.0 Å². The van der Waals surface area contributed by atoms with Gasteiger partial charge >= 0.3 is 26.8 Å². The zero-order valence-corrected chi connectivity index (χ0v) is 25.8. The van der Waals surface area contributed by atoms with Crippen LogP contribution in [-0.4, -0.2) is 129 Å². The van der Waals surface area contributed by atoms with Crippen LogP contribution < -0.4 is 32.1 Å². The van der Waals surface area contributed by atoms with Crippen molar-refractivity contribution < 1.29 is 48.9 Å². The van der Waals surface area contributed by atoms with Crippen LogP contribution in [0.15, 0.2) is 0 Å². The highest BCUT2D eigenvalue weighted by molar-refractivity contribution is 7.81. The third kappa shape index (κ3) is 10.4. The summed E-state index contributed by atoms with van der Waals surface area (Å²) in [5, 5.41) is 15.8. The summed E-state index contributed by atoms with van der Waals surface area (Å²) < 4.78 is 73.4. The molecule has 4 aliphatic rings. The minimum atomic E-state index is -5.20. The van der Waals surface area contributed by atoms with Crippen molar-refractivity contribution in [2.45, 2.75) is 87.6 Å². The minimum Gasteiger partial charge on any atom is -0.352 e. The number of amides is 4. The third-order valence-corrected chi connectivity index (χ3v) is 8.88. The second-order valence-electron chi connectivity index (χ2n) is 11.4. The number of nitrogens with one attached hydrogen (secondary N) is 6. The van der Waals surface area contributed by atoms with E-state index in [2.05, 4.69) is 36.3 Å². The molecule has 4 amide bonds. The van der Waals surface area contributed by atoms with Gasteiger partial charge in [0.1, 0.15) is 6.04 Å². The highest BCUT2D eigenvalue weighted by Gasteiger charge is 2.43. The van der Waals surface area contributed by atoms with Crippen molar-refractivity contribution in [2.24, 2.45) is 0 Å². The van der Waals surface area contributed by atoms with Crippen LogP contribution in [-0.2, 0) is 39.0 Å². The number of nitrogens with zero attached hydrogens (tertiary/aromatic N) is 2. The number of rotatable bonds is 10. The van der Waals surface area contributed by atoms with Crippen molar-refractivity contribution in [3.8, 4) is 0 Å². The molecule has 4 fully saturated rings. The Morgan fingerprint density at radius 2 is 1.34 bits per heavy atom. The second kappa shape index (κ2) is 15.4. The van der Waals surface area contributed by atoms with Gasteiger partial charge < -0.3 is 31.5 Å². The van der Waals surface area contributed by atoms with E-state index in [-0.39, 0.29) is 56.8 Å². The highest BCUT2D eigenvalue weighted by Crippen LogP contribution is 2.25. The predicted molar refractivity (Wildman–Crippen MR) is 152 cm³/mol. The quantitative estimate of drug-likeness (QED) is 0.0860. The number of hydrogen-bond acceptors (Lipinski definition) is 13. The largest absolute Gasteiger partial charge is 0.418 e. The van der Waals surface area contributed by atoms with E-state index in [9.17, 15) is 35.8 Å². The summed E-state index contributed by atoms with van der Waals surface area (Å²) in [6.45, 7) is 2.56. The Morgan fingerprint density at radius 1 is 0.750 bits per heavy atom. The van der Waals surface area contributed by atoms with E-state index in [1.54, 1.807) is 0 Å². The molecule has 0 saturated carbocycles. The zero-order chi connectivity index (χ0) is 31.9. The standard InChI is InChI=1S/C23H42N8O11S2/c32-21(27-15-5-9-24-10-6-15)19-3-2-18(13-26-19)31(42-44(38,39)40)23(34)30-14-17(29-41-43(35,36)37)1-4-20(30)22(33)28-16-7-11-25-12-8-16/h15-20,24-26,29H,1-14H2,(H,27,32)(H,28,33)(H,35,36,37)(H,38,39,40)/t17-,18-,19+,20+/m1/s1. The van der Waals surface area contributed by atoms with Crippen molar-refractivity contribution >= 4 is 38.6 Å². The molecule has 252 valence electrons. The summed E-state index contributed by atoms with van der Waals surface area (Å²) in [4.78, 5) is 41.1. The van der Waals surface area contributed by atoms with Crippen molar-refractivity contribution in [2.75, 3.05) is 39.3 Å². The average molecular weight is 671 g/mol. The number of piperidine rings is 4. The first-order chi connectivity index (χ1) is 20.8. The third-order valence-electron chi connectivity index (χ3n) is 8.22. The first-order valence-electron chi connectivity index (χ1n) is 14.7. The van der Waals surface area contributed by atoms with Gasteiger partial charge in [-0.2, -0.15) is 31.7 Å². The first kappa shape index (κ1) is 34.7. The molecule has 0 bridgehead atoms. The monoisotopic (exact) mass is 670 g/mol. The minimum absolute atomic E-state index is 0.0244. The summed E-state index contributed by atoms with van der Waals surface area (Å²) in [6.07, 6.45) is 3.42. The summed E-state index contributed by atoms with van der Waals surface area (Å²) in [6, 6.07) is -4.77. The Balaban J connectivity index is 1.48. The molecule has 44 heavy (non-hydrogen) atoms. The molecule has 0 aromatic rings. The Labute approximate surface area is 256 Å². The van der Waals surface area contributed by atoms with E-state index in [1.165, 1.54) is 0 Å². The van der Waals surface area contributed by atoms with E-state index in [1.807, 2.05) is 0 Å². The smallest absolute Gasteiger partial charge is 0.352 e. The maximum atomic E-state index is 13.9. The fraction of sp³-hybridized carbons (Fsp3) is 0.870. The van der Waals surface area contributed by atoms with Crippen LogP contribution in [0.5, 0.6) is 0 Å². The van der Waals surface area contributed by atoms with Crippen LogP contribution in [0.2, 0.25) is 0 Å². The van der Waals surface area contributed by atoms with Gasteiger partial charge in [0.15, 0.2) is 0 Å². The molecular weight excluding hydrogens is 628 g/mol. The van der Waals surface area contributed by atoms with Gasteiger partial charge in [0, 0.05) is 25.2 Å². The first-order valence-corrected chi connectivity index (χ1v) is 17.5. The molecule has 0 unspecified atom stereocenters. The summed E-state index contributed by atoms with van der Waals surface area (Å²) >= 11 is 0. The van der Waals surface area contributed by atoms with Crippen LogP contribution in [0.25, 0.3) is 0 Å².